The van der Waals surface area contributed by atoms with Gasteiger partial charge >= 0.3 is 5.97 Å². The molecule has 1 saturated carbocycles. The van der Waals surface area contributed by atoms with Crippen molar-refractivity contribution in [3.63, 3.8) is 0 Å². The lowest BCUT2D eigenvalue weighted by atomic mass is 10.0. The topological polar surface area (TPSA) is 66.4 Å². The fourth-order valence-corrected chi connectivity index (χ4v) is 2.33. The monoisotopic (exact) mass is 279 g/mol. The van der Waals surface area contributed by atoms with Crippen molar-refractivity contribution < 1.29 is 19.1 Å². The minimum absolute atomic E-state index is 0.0751. The van der Waals surface area contributed by atoms with Crippen molar-refractivity contribution in [2.45, 2.75) is 44.1 Å². The zero-order valence-corrected chi connectivity index (χ0v) is 11.2. The predicted molar refractivity (Wildman–Crippen MR) is 71.6 cm³/mol. The van der Waals surface area contributed by atoms with Crippen molar-refractivity contribution in [1.29, 1.82) is 0 Å². The highest BCUT2D eigenvalue weighted by atomic mass is 19.1. The molecule has 0 unspecified atom stereocenters. The number of benzene rings is 1. The van der Waals surface area contributed by atoms with Gasteiger partial charge in [-0.2, -0.15) is 0 Å². The molecule has 2 N–H and O–H groups in total. The van der Waals surface area contributed by atoms with E-state index < -0.39 is 11.5 Å². The molecule has 0 aliphatic heterocycles. The van der Waals surface area contributed by atoms with E-state index in [1.54, 1.807) is 18.2 Å². The Morgan fingerprint density at radius 2 is 1.85 bits per heavy atom. The molecule has 5 heteroatoms. The lowest BCUT2D eigenvalue weighted by Gasteiger charge is -2.18. The number of carbonyl (C=O) groups excluding carboxylic acids is 1. The minimum Gasteiger partial charge on any atom is -0.481 e. The molecular formula is C15H18FNO3. The zero-order chi connectivity index (χ0) is 14.6. The summed E-state index contributed by atoms with van der Waals surface area (Å²) in [5, 5.41) is 11.4. The maximum Gasteiger partial charge on any atom is 0.303 e. The van der Waals surface area contributed by atoms with Crippen LogP contribution in [-0.2, 0) is 15.1 Å². The summed E-state index contributed by atoms with van der Waals surface area (Å²) in [5.41, 5.74) is -0.00577. The van der Waals surface area contributed by atoms with Crippen molar-refractivity contribution in [2.75, 3.05) is 0 Å². The molecule has 1 aromatic rings. The highest BCUT2D eigenvalue weighted by Crippen LogP contribution is 2.46. The number of halogens is 1. The average molecular weight is 279 g/mol. The molecule has 0 spiro atoms. The van der Waals surface area contributed by atoms with Crippen molar-refractivity contribution in [3.05, 3.63) is 35.6 Å². The Morgan fingerprint density at radius 1 is 1.20 bits per heavy atom. The molecule has 1 fully saturated rings. The number of amides is 1. The quantitative estimate of drug-likeness (QED) is 0.754. The lowest BCUT2D eigenvalue weighted by Crippen LogP contribution is -2.35. The average Bonchev–Trinajstić information content (AvgIpc) is 3.15. The summed E-state index contributed by atoms with van der Waals surface area (Å²) in [4.78, 5) is 22.2. The third-order valence-corrected chi connectivity index (χ3v) is 3.56. The van der Waals surface area contributed by atoms with Gasteiger partial charge in [-0.3, -0.25) is 9.59 Å². The Kier molecular flexibility index (Phi) is 4.37. The number of rotatable bonds is 7. The van der Waals surface area contributed by atoms with Crippen LogP contribution < -0.4 is 5.32 Å². The Bertz CT molecular complexity index is 512. The molecule has 108 valence electrons. The molecule has 2 rings (SSSR count). The molecule has 0 atom stereocenters. The molecule has 0 radical (unpaired) electrons. The maximum absolute atomic E-state index is 13.8. The van der Waals surface area contributed by atoms with Crippen LogP contribution in [0.5, 0.6) is 0 Å². The third kappa shape index (κ3) is 3.56. The van der Waals surface area contributed by atoms with Crippen molar-refractivity contribution >= 4 is 11.9 Å². The molecule has 1 aromatic carbocycles. The molecule has 0 bridgehead atoms. The number of carboxylic acid groups (broad SMARTS) is 1. The SMILES string of the molecule is O=C(O)CCCCC(=O)NC1(c2ccccc2F)CC1. The van der Waals surface area contributed by atoms with E-state index in [0.717, 1.165) is 12.8 Å². The van der Waals surface area contributed by atoms with Crippen LogP contribution in [-0.4, -0.2) is 17.0 Å². The number of unbranched alkanes of at least 4 members (excludes halogenated alkanes) is 1. The van der Waals surface area contributed by atoms with Crippen LogP contribution in [0.15, 0.2) is 24.3 Å². The Morgan fingerprint density at radius 3 is 2.45 bits per heavy atom. The van der Waals surface area contributed by atoms with Gasteiger partial charge in [0.2, 0.25) is 5.91 Å². The summed E-state index contributed by atoms with van der Waals surface area (Å²) in [5.74, 6) is -1.29. The lowest BCUT2D eigenvalue weighted by molar-refractivity contribution is -0.137. The molecule has 4 nitrogen and oxygen atoms in total. The van der Waals surface area contributed by atoms with E-state index in [1.807, 2.05) is 0 Å². The van der Waals surface area contributed by atoms with Gasteiger partial charge in [0.1, 0.15) is 5.82 Å². The summed E-state index contributed by atoms with van der Waals surface area (Å²) in [6.07, 6.45) is 2.86. The molecule has 0 aromatic heterocycles. The van der Waals surface area contributed by atoms with E-state index in [0.29, 0.717) is 18.4 Å². The maximum atomic E-state index is 13.8. The van der Waals surface area contributed by atoms with E-state index in [1.165, 1.54) is 6.07 Å². The zero-order valence-electron chi connectivity index (χ0n) is 11.2. The summed E-state index contributed by atoms with van der Waals surface area (Å²) in [6, 6.07) is 6.49. The van der Waals surface area contributed by atoms with Gasteiger partial charge in [0.25, 0.3) is 0 Å². The van der Waals surface area contributed by atoms with Gasteiger partial charge in [-0.1, -0.05) is 18.2 Å². The normalized spacial score (nSPS) is 15.7. The van der Waals surface area contributed by atoms with Crippen LogP contribution in [0, 0.1) is 5.82 Å². The molecule has 1 aliphatic rings. The van der Waals surface area contributed by atoms with Gasteiger partial charge in [-0.15, -0.1) is 0 Å². The van der Waals surface area contributed by atoms with Crippen LogP contribution in [0.25, 0.3) is 0 Å². The molecule has 0 saturated heterocycles. The van der Waals surface area contributed by atoms with Crippen molar-refractivity contribution in [3.8, 4) is 0 Å². The summed E-state index contributed by atoms with van der Waals surface area (Å²) < 4.78 is 13.8. The van der Waals surface area contributed by atoms with Crippen molar-refractivity contribution in [2.24, 2.45) is 0 Å². The van der Waals surface area contributed by atoms with Gasteiger partial charge in [-0.25, -0.2) is 4.39 Å². The number of carboxylic acids is 1. The van der Waals surface area contributed by atoms with Crippen LogP contribution in [0.2, 0.25) is 0 Å². The predicted octanol–water partition coefficient (Wildman–Crippen LogP) is 2.58. The summed E-state index contributed by atoms with van der Waals surface area (Å²) in [6.45, 7) is 0. The molecule has 20 heavy (non-hydrogen) atoms. The first kappa shape index (κ1) is 14.5. The second-order valence-corrected chi connectivity index (χ2v) is 5.21. The van der Waals surface area contributed by atoms with E-state index in [-0.39, 0.29) is 24.6 Å². The second kappa shape index (κ2) is 6.03. The first-order chi connectivity index (χ1) is 9.53. The number of nitrogens with one attached hydrogen (secondary N) is 1. The highest BCUT2D eigenvalue weighted by Gasteiger charge is 2.47. The third-order valence-electron chi connectivity index (χ3n) is 3.56. The van der Waals surface area contributed by atoms with Gasteiger partial charge < -0.3 is 10.4 Å². The summed E-state index contributed by atoms with van der Waals surface area (Å²) in [7, 11) is 0. The Labute approximate surface area is 117 Å². The van der Waals surface area contributed by atoms with E-state index in [4.69, 9.17) is 5.11 Å². The molecule has 1 amide bonds. The van der Waals surface area contributed by atoms with E-state index >= 15 is 0 Å². The van der Waals surface area contributed by atoms with Gasteiger partial charge in [0.15, 0.2) is 0 Å². The first-order valence-corrected chi connectivity index (χ1v) is 6.81. The standard InChI is InChI=1S/C15H18FNO3/c16-12-6-2-1-5-11(12)15(9-10-15)17-13(18)7-3-4-8-14(19)20/h1-2,5-6H,3-4,7-10H2,(H,17,18)(H,19,20). The fraction of sp³-hybridized carbons (Fsp3) is 0.467. The minimum atomic E-state index is -0.851. The second-order valence-electron chi connectivity index (χ2n) is 5.21. The van der Waals surface area contributed by atoms with Crippen molar-refractivity contribution in [1.82, 2.24) is 5.32 Å². The van der Waals surface area contributed by atoms with E-state index in [9.17, 15) is 14.0 Å². The molecular weight excluding hydrogens is 261 g/mol. The Hall–Kier alpha value is -1.91. The van der Waals surface area contributed by atoms with Gasteiger partial charge in [0.05, 0.1) is 5.54 Å². The molecule has 0 heterocycles. The summed E-state index contributed by atoms with van der Waals surface area (Å²) >= 11 is 0. The first-order valence-electron chi connectivity index (χ1n) is 6.81. The molecule has 1 aliphatic carbocycles. The number of aliphatic carboxylic acids is 1. The number of hydrogen-bond acceptors (Lipinski definition) is 2. The van der Waals surface area contributed by atoms with Crippen LogP contribution >= 0.6 is 0 Å². The van der Waals surface area contributed by atoms with Crippen LogP contribution in [0.3, 0.4) is 0 Å². The number of hydrogen-bond donors (Lipinski definition) is 2. The largest absolute Gasteiger partial charge is 0.481 e. The van der Waals surface area contributed by atoms with Crippen LogP contribution in [0.4, 0.5) is 4.39 Å². The van der Waals surface area contributed by atoms with Gasteiger partial charge in [0, 0.05) is 18.4 Å². The Balaban J connectivity index is 1.85. The fourth-order valence-electron chi connectivity index (χ4n) is 2.33. The van der Waals surface area contributed by atoms with Crippen LogP contribution in [0.1, 0.15) is 44.1 Å². The van der Waals surface area contributed by atoms with E-state index in [2.05, 4.69) is 5.32 Å². The highest BCUT2D eigenvalue weighted by molar-refractivity contribution is 5.77. The number of carbonyl (C=O) groups is 2. The smallest absolute Gasteiger partial charge is 0.303 e. The van der Waals surface area contributed by atoms with Gasteiger partial charge in [-0.05, 0) is 31.7 Å².